The molecule has 0 aromatic heterocycles. The molecule has 6 heteroatoms. The van der Waals surface area contributed by atoms with E-state index in [9.17, 15) is 19.8 Å². The summed E-state index contributed by atoms with van der Waals surface area (Å²) in [5, 5.41) is 23.3. The average Bonchev–Trinajstić information content (AvgIpc) is 3.65. The topological polar surface area (TPSA) is 95.9 Å². The normalized spacial score (nSPS) is 12.7. The molecule has 0 rings (SSSR count). The van der Waals surface area contributed by atoms with E-state index in [4.69, 9.17) is 4.74 Å². The summed E-state index contributed by atoms with van der Waals surface area (Å²) >= 11 is 0. The number of amides is 1. The molecule has 0 saturated carbocycles. The minimum Gasteiger partial charge on any atom is -0.466 e. The maximum absolute atomic E-state index is 12.5. The predicted octanol–water partition coefficient (Wildman–Crippen LogP) is 27.5. The van der Waals surface area contributed by atoms with Gasteiger partial charge in [-0.2, -0.15) is 0 Å². The van der Waals surface area contributed by atoms with Gasteiger partial charge in [0, 0.05) is 12.8 Å². The van der Waals surface area contributed by atoms with Crippen LogP contribution in [0.25, 0.3) is 0 Å². The van der Waals surface area contributed by atoms with Gasteiger partial charge in [-0.1, -0.05) is 403 Å². The Kier molecular flexibility index (Phi) is 78.3. The Hall–Kier alpha value is -2.18. The Morgan fingerprint density at radius 3 is 0.846 bits per heavy atom. The number of hydrogen-bond acceptors (Lipinski definition) is 5. The van der Waals surface area contributed by atoms with Crippen molar-refractivity contribution in [2.75, 3.05) is 13.2 Å². The molecule has 0 aliphatic heterocycles. The van der Waals surface area contributed by atoms with E-state index in [-0.39, 0.29) is 18.5 Å². The molecule has 0 radical (unpaired) electrons. The van der Waals surface area contributed by atoms with Crippen molar-refractivity contribution in [3.63, 3.8) is 0 Å². The van der Waals surface area contributed by atoms with Gasteiger partial charge in [-0.3, -0.25) is 9.59 Å². The van der Waals surface area contributed by atoms with Gasteiger partial charge in [-0.15, -0.1) is 0 Å². The Balaban J connectivity index is 3.37. The van der Waals surface area contributed by atoms with E-state index in [1.54, 1.807) is 6.08 Å². The molecule has 0 aromatic rings. The lowest BCUT2D eigenvalue weighted by Gasteiger charge is -2.20. The number of nitrogens with one attached hydrogen (secondary N) is 1. The van der Waals surface area contributed by atoms with Crippen molar-refractivity contribution >= 4 is 11.9 Å². The van der Waals surface area contributed by atoms with Crippen molar-refractivity contribution in [2.24, 2.45) is 0 Å². The summed E-state index contributed by atoms with van der Waals surface area (Å²) in [7, 11) is 0. The van der Waals surface area contributed by atoms with Gasteiger partial charge in [0.2, 0.25) is 5.91 Å². The first-order chi connectivity index (χ1) is 45.0. The molecule has 0 saturated heterocycles. The van der Waals surface area contributed by atoms with E-state index in [1.165, 1.54) is 385 Å². The molecule has 2 atom stereocenters. The maximum atomic E-state index is 12.5. The van der Waals surface area contributed by atoms with Gasteiger partial charge in [0.15, 0.2) is 0 Å². The zero-order valence-electron chi connectivity index (χ0n) is 61.6. The molecule has 0 aromatic carbocycles. The highest BCUT2D eigenvalue weighted by Gasteiger charge is 2.18. The van der Waals surface area contributed by atoms with Crippen LogP contribution in [0.5, 0.6) is 0 Å². The lowest BCUT2D eigenvalue weighted by molar-refractivity contribution is -0.143. The SMILES string of the molecule is CCCCCCCC/C=C\CCCCCCCCCCCC(=O)OCCCCCCCCCCCCCCC/C=C\C/C=C\CCCCCCCCCCCCCCCCCCCC(=O)NC(CO)C(O)/C=C/CCCCCCCCCCCCCCCCCC. The second-order valence-electron chi connectivity index (χ2n) is 28.4. The summed E-state index contributed by atoms with van der Waals surface area (Å²) in [5.41, 5.74) is 0. The van der Waals surface area contributed by atoms with Gasteiger partial charge < -0.3 is 20.3 Å². The number of carbonyl (C=O) groups excluding carboxylic acids is 2. The second-order valence-corrected chi connectivity index (χ2v) is 28.4. The Morgan fingerprint density at radius 1 is 0.308 bits per heavy atom. The highest BCUT2D eigenvalue weighted by molar-refractivity contribution is 5.76. The fourth-order valence-corrected chi connectivity index (χ4v) is 13.0. The third-order valence-electron chi connectivity index (χ3n) is 19.3. The highest BCUT2D eigenvalue weighted by Crippen LogP contribution is 2.20. The molecule has 1 amide bonds. The van der Waals surface area contributed by atoms with Crippen LogP contribution in [0.4, 0.5) is 0 Å². The van der Waals surface area contributed by atoms with Gasteiger partial charge >= 0.3 is 5.97 Å². The molecule has 3 N–H and O–H groups in total. The van der Waals surface area contributed by atoms with Crippen LogP contribution in [0.15, 0.2) is 48.6 Å². The van der Waals surface area contributed by atoms with Crippen molar-refractivity contribution in [1.82, 2.24) is 5.32 Å². The number of unbranched alkanes of at least 4 members (excludes halogenated alkanes) is 61. The van der Waals surface area contributed by atoms with Crippen LogP contribution < -0.4 is 5.32 Å². The smallest absolute Gasteiger partial charge is 0.305 e. The third-order valence-corrected chi connectivity index (χ3v) is 19.3. The fourth-order valence-electron chi connectivity index (χ4n) is 13.0. The summed E-state index contributed by atoms with van der Waals surface area (Å²) in [6, 6.07) is -0.627. The minimum atomic E-state index is -0.844. The van der Waals surface area contributed by atoms with Crippen molar-refractivity contribution in [3.05, 3.63) is 48.6 Å². The van der Waals surface area contributed by atoms with Crippen molar-refractivity contribution < 1.29 is 24.5 Å². The van der Waals surface area contributed by atoms with Crippen LogP contribution in [0.2, 0.25) is 0 Å². The molecule has 0 bridgehead atoms. The minimum absolute atomic E-state index is 0.0188. The van der Waals surface area contributed by atoms with Crippen LogP contribution in [-0.4, -0.2) is 47.4 Å². The van der Waals surface area contributed by atoms with Gasteiger partial charge in [0.1, 0.15) is 0 Å². The summed E-state index contributed by atoms with van der Waals surface area (Å²) in [6.07, 6.45) is 107. The van der Waals surface area contributed by atoms with Crippen molar-refractivity contribution in [1.29, 1.82) is 0 Å². The van der Waals surface area contributed by atoms with E-state index in [2.05, 4.69) is 55.6 Å². The number of aliphatic hydroxyl groups is 2. The number of hydrogen-bond donors (Lipinski definition) is 3. The quantitative estimate of drug-likeness (QED) is 0.0320. The molecule has 6 nitrogen and oxygen atoms in total. The van der Waals surface area contributed by atoms with Crippen LogP contribution in [-0.2, 0) is 14.3 Å². The molecule has 0 heterocycles. The van der Waals surface area contributed by atoms with Crippen LogP contribution in [0, 0.1) is 0 Å². The number of aliphatic hydroxyl groups excluding tert-OH is 2. The van der Waals surface area contributed by atoms with Gasteiger partial charge in [-0.05, 0) is 89.9 Å². The molecule has 0 aliphatic carbocycles. The molecule has 91 heavy (non-hydrogen) atoms. The Bertz CT molecular complexity index is 1520. The first-order valence-electron chi connectivity index (χ1n) is 41.4. The first kappa shape index (κ1) is 88.8. The molecule has 0 spiro atoms. The maximum Gasteiger partial charge on any atom is 0.305 e. The van der Waals surface area contributed by atoms with Gasteiger partial charge in [0.25, 0.3) is 0 Å². The summed E-state index contributed by atoms with van der Waals surface area (Å²) in [4.78, 5) is 24.7. The van der Waals surface area contributed by atoms with Crippen LogP contribution in [0.1, 0.15) is 457 Å². The van der Waals surface area contributed by atoms with E-state index >= 15 is 0 Å². The molecule has 2 unspecified atom stereocenters. The lowest BCUT2D eigenvalue weighted by Crippen LogP contribution is -2.45. The van der Waals surface area contributed by atoms with Crippen molar-refractivity contribution in [2.45, 2.75) is 469 Å². The van der Waals surface area contributed by atoms with Crippen molar-refractivity contribution in [3.8, 4) is 0 Å². The number of rotatable bonds is 78. The Morgan fingerprint density at radius 2 is 0.549 bits per heavy atom. The van der Waals surface area contributed by atoms with Crippen LogP contribution >= 0.6 is 0 Å². The average molecular weight is 1280 g/mol. The molecule has 0 aliphatic rings. The van der Waals surface area contributed by atoms with Gasteiger partial charge in [-0.25, -0.2) is 0 Å². The third kappa shape index (κ3) is 76.7. The largest absolute Gasteiger partial charge is 0.466 e. The number of esters is 1. The summed E-state index contributed by atoms with van der Waals surface area (Å²) in [5.74, 6) is -0.0429. The van der Waals surface area contributed by atoms with E-state index in [0.717, 1.165) is 44.9 Å². The van der Waals surface area contributed by atoms with E-state index < -0.39 is 12.1 Å². The molecular weight excluding hydrogens is 1110 g/mol. The zero-order chi connectivity index (χ0) is 65.6. The van der Waals surface area contributed by atoms with Gasteiger partial charge in [0.05, 0.1) is 25.4 Å². The summed E-state index contributed by atoms with van der Waals surface area (Å²) in [6.45, 7) is 4.95. The monoisotopic (exact) mass is 1280 g/mol. The summed E-state index contributed by atoms with van der Waals surface area (Å²) < 4.78 is 5.52. The Labute approximate surface area is 569 Å². The molecular formula is C85H161NO5. The number of carbonyl (C=O) groups is 2. The lowest BCUT2D eigenvalue weighted by atomic mass is 10.0. The molecule has 536 valence electrons. The predicted molar refractivity (Wildman–Crippen MR) is 402 cm³/mol. The van der Waals surface area contributed by atoms with Crippen LogP contribution in [0.3, 0.4) is 0 Å². The zero-order valence-corrected chi connectivity index (χ0v) is 61.6. The highest BCUT2D eigenvalue weighted by atomic mass is 16.5. The standard InChI is InChI=1S/C85H161NO5/c1-3-5-7-9-11-13-15-17-19-21-42-47-51-55-59-63-67-71-75-79-85(90)91-80-76-72-68-64-60-56-52-48-44-41-39-37-35-33-31-29-27-25-23-24-26-28-30-32-34-36-38-40-43-46-50-54-58-62-66-70-74-78-84(89)86-82(81-87)83(88)77-73-69-65-61-57-53-49-45-22-20-18-16-14-12-10-8-6-4-2/h17,19,23,25,29,31,73,77,82-83,87-88H,3-16,18,20-22,24,26-28,30,32-72,74-76,78-81H2,1-2H3,(H,86,89)/b19-17-,25-23-,31-29-,77-73+. The number of ether oxygens (including phenoxy) is 1. The first-order valence-corrected chi connectivity index (χ1v) is 41.4. The fraction of sp³-hybridized carbons (Fsp3) is 0.882. The molecule has 0 fully saturated rings. The van der Waals surface area contributed by atoms with E-state index in [1.807, 2.05) is 6.08 Å². The van der Waals surface area contributed by atoms with E-state index in [0.29, 0.717) is 19.4 Å². The second kappa shape index (κ2) is 80.3. The number of allylic oxidation sites excluding steroid dienone is 7.